The van der Waals surface area contributed by atoms with Crippen LogP contribution in [0.25, 0.3) is 22.2 Å². The lowest BCUT2D eigenvalue weighted by Crippen LogP contribution is -2.61. The molecule has 2 amide bonds. The molecule has 58 heavy (non-hydrogen) atoms. The van der Waals surface area contributed by atoms with Crippen LogP contribution in [-0.2, 0) is 22.6 Å². The molecule has 6 fully saturated rings. The number of imidazole rings is 1. The highest BCUT2D eigenvalue weighted by atomic mass is 16.7. The molecule has 10 heteroatoms. The fourth-order valence-corrected chi connectivity index (χ4v) is 11.6. The van der Waals surface area contributed by atoms with Gasteiger partial charge >= 0.3 is 11.7 Å². The minimum atomic E-state index is -0.568. The molecule has 4 aromatic carbocycles. The Bertz CT molecular complexity index is 2270. The van der Waals surface area contributed by atoms with E-state index in [1.54, 1.807) is 0 Å². The molecule has 3 heterocycles. The van der Waals surface area contributed by atoms with Crippen molar-refractivity contribution in [2.45, 2.75) is 101 Å². The second-order valence-electron chi connectivity index (χ2n) is 18.0. The normalized spacial score (nSPS) is 28.5. The summed E-state index contributed by atoms with van der Waals surface area (Å²) in [7, 11) is 0. The molecule has 5 aromatic rings. The van der Waals surface area contributed by atoms with E-state index in [1.165, 1.54) is 19.3 Å². The van der Waals surface area contributed by atoms with Crippen molar-refractivity contribution in [3.63, 3.8) is 0 Å². The lowest BCUT2D eigenvalue weighted by molar-refractivity contribution is -0.253. The number of para-hydroxylation sites is 2. The van der Waals surface area contributed by atoms with E-state index in [-0.39, 0.29) is 42.1 Å². The molecule has 302 valence electrons. The number of carbonyl (C=O) groups is 1. The maximum Gasteiger partial charge on any atom is 0.326 e. The molecule has 2 saturated heterocycles. The van der Waals surface area contributed by atoms with Crippen molar-refractivity contribution in [1.29, 1.82) is 0 Å². The quantitative estimate of drug-likeness (QED) is 0.114. The van der Waals surface area contributed by atoms with Gasteiger partial charge in [0.2, 0.25) is 0 Å². The van der Waals surface area contributed by atoms with Crippen molar-refractivity contribution in [2.75, 3.05) is 19.6 Å². The van der Waals surface area contributed by atoms with Crippen molar-refractivity contribution in [1.82, 2.24) is 25.1 Å². The van der Waals surface area contributed by atoms with Gasteiger partial charge in [0.1, 0.15) is 0 Å². The van der Waals surface area contributed by atoms with Crippen molar-refractivity contribution in [2.24, 2.45) is 17.8 Å². The van der Waals surface area contributed by atoms with E-state index in [4.69, 9.17) is 9.47 Å². The molecule has 1 aromatic heterocycles. The summed E-state index contributed by atoms with van der Waals surface area (Å²) in [4.78, 5) is 31.7. The third kappa shape index (κ3) is 7.75. The van der Waals surface area contributed by atoms with E-state index < -0.39 is 6.29 Å². The number of benzene rings is 4. The second-order valence-corrected chi connectivity index (χ2v) is 18.0. The molecule has 6 aliphatic rings. The van der Waals surface area contributed by atoms with Crippen LogP contribution < -0.4 is 16.3 Å². The van der Waals surface area contributed by atoms with Gasteiger partial charge in [-0.1, -0.05) is 72.8 Å². The molecule has 4 saturated carbocycles. The van der Waals surface area contributed by atoms with Crippen LogP contribution in [0.2, 0.25) is 0 Å². The van der Waals surface area contributed by atoms with E-state index in [0.29, 0.717) is 13.0 Å². The van der Waals surface area contributed by atoms with E-state index >= 15 is 0 Å². The van der Waals surface area contributed by atoms with Gasteiger partial charge in [0.25, 0.3) is 0 Å². The van der Waals surface area contributed by atoms with Crippen LogP contribution in [0.5, 0.6) is 0 Å². The van der Waals surface area contributed by atoms with Crippen LogP contribution in [0.4, 0.5) is 4.79 Å². The van der Waals surface area contributed by atoms with Crippen molar-refractivity contribution in [3.05, 3.63) is 130 Å². The molecule has 0 spiro atoms. The van der Waals surface area contributed by atoms with Gasteiger partial charge in [-0.3, -0.25) is 4.57 Å². The van der Waals surface area contributed by atoms with Gasteiger partial charge in [-0.05, 0) is 121 Å². The van der Waals surface area contributed by atoms with Gasteiger partial charge in [0.15, 0.2) is 6.29 Å². The Morgan fingerprint density at radius 3 is 2.22 bits per heavy atom. The minimum absolute atomic E-state index is 0.000115. The number of H-pyrrole nitrogens is 1. The van der Waals surface area contributed by atoms with Gasteiger partial charge in [0.05, 0.1) is 29.8 Å². The summed E-state index contributed by atoms with van der Waals surface area (Å²) in [5.41, 5.74) is 7.88. The first-order valence-electron chi connectivity index (χ1n) is 21.5. The number of urea groups is 1. The second kappa shape index (κ2) is 15.8. The van der Waals surface area contributed by atoms with Crippen molar-refractivity contribution >= 4 is 17.1 Å². The number of rotatable bonds is 10. The Labute approximate surface area is 339 Å². The largest absolute Gasteiger partial charge is 0.392 e. The van der Waals surface area contributed by atoms with Crippen LogP contribution in [0, 0.1) is 17.8 Å². The lowest BCUT2D eigenvalue weighted by atomic mass is 9.53. The number of aromatic nitrogens is 2. The molecule has 10 nitrogen and oxygen atoms in total. The first-order valence-corrected chi connectivity index (χ1v) is 21.5. The molecule has 4 N–H and O–H groups in total. The summed E-state index contributed by atoms with van der Waals surface area (Å²) in [6.45, 7) is 2.99. The van der Waals surface area contributed by atoms with Gasteiger partial charge in [-0.15, -0.1) is 0 Å². The Kier molecular flexibility index (Phi) is 10.2. The highest BCUT2D eigenvalue weighted by Gasteiger charge is 2.51. The van der Waals surface area contributed by atoms with Crippen molar-refractivity contribution < 1.29 is 19.4 Å². The molecule has 0 radical (unpaired) electrons. The molecule has 2 aliphatic heterocycles. The Morgan fingerprint density at radius 1 is 0.776 bits per heavy atom. The number of ether oxygens (including phenoxy) is 2. The summed E-state index contributed by atoms with van der Waals surface area (Å²) < 4.78 is 15.5. The molecule has 0 unspecified atom stereocenters. The smallest absolute Gasteiger partial charge is 0.326 e. The van der Waals surface area contributed by atoms with E-state index in [0.717, 1.165) is 114 Å². The third-order valence-corrected chi connectivity index (χ3v) is 13.9. The summed E-state index contributed by atoms with van der Waals surface area (Å²) in [5, 5.41) is 16.3. The van der Waals surface area contributed by atoms with Crippen LogP contribution in [0.1, 0.15) is 98.5 Å². The number of hydrogen-bond donors (Lipinski definition) is 4. The molecular weight excluding hydrogens is 727 g/mol. The monoisotopic (exact) mass is 781 g/mol. The van der Waals surface area contributed by atoms with Crippen LogP contribution in [-0.4, -0.2) is 56.9 Å². The predicted octanol–water partition coefficient (Wildman–Crippen LogP) is 8.14. The zero-order valence-corrected chi connectivity index (χ0v) is 33.2. The number of nitrogens with one attached hydrogen (secondary N) is 3. The fourth-order valence-electron chi connectivity index (χ4n) is 11.6. The van der Waals surface area contributed by atoms with Crippen LogP contribution >= 0.6 is 0 Å². The number of aliphatic hydroxyl groups excluding tert-OH is 1. The lowest BCUT2D eigenvalue weighted by Gasteiger charge is -2.56. The fraction of sp³-hybridized carbons (Fsp3) is 0.458. The van der Waals surface area contributed by atoms with Crippen LogP contribution in [0.3, 0.4) is 0 Å². The average molecular weight is 782 g/mol. The molecule has 11 rings (SSSR count). The van der Waals surface area contributed by atoms with Gasteiger partial charge in [-0.25, -0.2) is 9.59 Å². The zero-order valence-electron chi connectivity index (χ0n) is 33.2. The summed E-state index contributed by atoms with van der Waals surface area (Å²) in [6, 6.07) is 32.9. The molecular formula is C48H55N5O5. The standard InChI is InChI=1S/C48H55N5O5/c54-30-31-11-13-36(14-12-31)44-24-41(29-52-17-15-40(16-18-52)53-43-10-2-1-9-42(43)50-47(53)56)57-45(58-44)39-8-4-7-38(23-39)37-6-3-5-32(22-37)28-49-46(55)51-48-25-33-19-34(26-48)21-35(20-33)27-48/h1-14,22-23,33-35,40-41,44-45,54H,15-21,24-30H2,(H,50,56)(H2,49,51,55)/t33?,34?,35?,41-,44+,45+,48?/m1/s1. The van der Waals surface area contributed by atoms with Crippen LogP contribution in [0.15, 0.2) is 102 Å². The van der Waals surface area contributed by atoms with Gasteiger partial charge in [0, 0.05) is 49.7 Å². The van der Waals surface area contributed by atoms with E-state index in [9.17, 15) is 14.7 Å². The topological polar surface area (TPSA) is 121 Å². The van der Waals surface area contributed by atoms with Gasteiger partial charge < -0.3 is 35.1 Å². The summed E-state index contributed by atoms with van der Waals surface area (Å²) >= 11 is 0. The summed E-state index contributed by atoms with van der Waals surface area (Å²) in [5.74, 6) is 2.35. The first-order chi connectivity index (χ1) is 28.3. The molecule has 4 bridgehead atoms. The highest BCUT2D eigenvalue weighted by Crippen LogP contribution is 2.55. The number of nitrogens with zero attached hydrogens (tertiary/aromatic N) is 2. The van der Waals surface area contributed by atoms with E-state index in [1.807, 2.05) is 41.0 Å². The SMILES string of the molecule is O=C(NCc1cccc(-c2cccc([C@H]3O[C@@H](CN4CCC(n5c(=O)[nH]c6ccccc65)CC4)C[C@@H](c4ccc(CO)cc4)O3)c2)c1)NC12CC3CC(CC(C3)C1)C2. The number of aromatic amines is 1. The average Bonchev–Trinajstić information content (AvgIpc) is 3.58. The maximum atomic E-state index is 13.2. The predicted molar refractivity (Wildman–Crippen MR) is 224 cm³/mol. The summed E-state index contributed by atoms with van der Waals surface area (Å²) in [6.07, 6.45) is 9.15. The molecule has 3 atom stereocenters. The Hall–Kier alpha value is -4.74. The number of aliphatic hydroxyl groups is 1. The zero-order chi connectivity index (χ0) is 39.2. The number of hydrogen-bond acceptors (Lipinski definition) is 6. The number of carbonyl (C=O) groups excluding carboxylic acids is 1. The Balaban J connectivity index is 0.818. The Morgan fingerprint density at radius 2 is 1.48 bits per heavy atom. The van der Waals surface area contributed by atoms with Gasteiger partial charge in [-0.2, -0.15) is 0 Å². The number of fused-ring (bicyclic) bond motifs is 1. The third-order valence-electron chi connectivity index (χ3n) is 13.9. The van der Waals surface area contributed by atoms with E-state index in [2.05, 4.69) is 81.2 Å². The maximum absolute atomic E-state index is 13.2. The highest BCUT2D eigenvalue weighted by molar-refractivity contribution is 5.76. The minimum Gasteiger partial charge on any atom is -0.392 e. The first kappa shape index (κ1) is 37.5. The number of amides is 2. The van der Waals surface area contributed by atoms with Crippen molar-refractivity contribution in [3.8, 4) is 11.1 Å². The molecule has 4 aliphatic carbocycles. The number of piperidine rings is 1. The number of likely N-dealkylation sites (tertiary alicyclic amines) is 1.